The smallest absolute Gasteiger partial charge is 0.373 e. The zero-order valence-electron chi connectivity index (χ0n) is 12.0. The summed E-state index contributed by atoms with van der Waals surface area (Å²) >= 11 is 1.04. The van der Waals surface area contributed by atoms with Gasteiger partial charge in [-0.3, -0.25) is 4.79 Å². The molecule has 2 aromatic heterocycles. The first-order valence-electron chi connectivity index (χ1n) is 6.28. The third-order valence-electron chi connectivity index (χ3n) is 2.59. The van der Waals surface area contributed by atoms with Gasteiger partial charge >= 0.3 is 11.9 Å². The number of methoxy groups -OCH3 is 1. The Morgan fingerprint density at radius 3 is 2.74 bits per heavy atom. The Hall–Kier alpha value is -2.17. The number of carbonyl (C=O) groups is 2. The number of carbonyl (C=O) groups excluding carboxylic acids is 2. The second-order valence-electron chi connectivity index (χ2n) is 4.17. The molecule has 0 radical (unpaired) electrons. The van der Waals surface area contributed by atoms with Crippen molar-refractivity contribution in [3.63, 3.8) is 0 Å². The fourth-order valence-corrected chi connectivity index (χ4v) is 3.52. The maximum Gasteiger partial charge on any atom is 0.373 e. The van der Waals surface area contributed by atoms with Crippen molar-refractivity contribution >= 4 is 33.3 Å². The topological polar surface area (TPSA) is 112 Å². The number of sulfonamides is 1. The van der Waals surface area contributed by atoms with Crippen LogP contribution in [0.5, 0.6) is 0 Å². The number of furan rings is 1. The number of rotatable bonds is 7. The van der Waals surface area contributed by atoms with E-state index >= 15 is 0 Å². The molecular weight excluding hydrogens is 346 g/mol. The SMILES string of the molecule is COC(=O)c1ccc(COC(=O)CNS(=O)(=O)c2cccs2)o1. The van der Waals surface area contributed by atoms with E-state index in [1.54, 1.807) is 11.4 Å². The molecule has 124 valence electrons. The van der Waals surface area contributed by atoms with Crippen LogP contribution < -0.4 is 4.72 Å². The Labute approximate surface area is 136 Å². The summed E-state index contributed by atoms with van der Waals surface area (Å²) in [4.78, 5) is 22.7. The molecular formula is C13H13NO7S2. The molecule has 0 aromatic carbocycles. The molecule has 0 aliphatic carbocycles. The molecule has 0 amide bonds. The first-order chi connectivity index (χ1) is 10.9. The predicted octanol–water partition coefficient (Wildman–Crippen LogP) is 1.15. The third-order valence-corrected chi connectivity index (χ3v) is 5.39. The zero-order valence-corrected chi connectivity index (χ0v) is 13.6. The summed E-state index contributed by atoms with van der Waals surface area (Å²) in [5.41, 5.74) is 0. The Morgan fingerprint density at radius 1 is 1.30 bits per heavy atom. The quantitative estimate of drug-likeness (QED) is 0.738. The maximum absolute atomic E-state index is 11.8. The number of thiophene rings is 1. The summed E-state index contributed by atoms with van der Waals surface area (Å²) < 4.78 is 40.3. The van der Waals surface area contributed by atoms with E-state index in [2.05, 4.69) is 9.46 Å². The zero-order chi connectivity index (χ0) is 16.9. The van der Waals surface area contributed by atoms with Crippen LogP contribution in [-0.4, -0.2) is 34.0 Å². The molecule has 1 N–H and O–H groups in total. The molecule has 0 aliphatic rings. The van der Waals surface area contributed by atoms with Crippen molar-refractivity contribution in [3.8, 4) is 0 Å². The molecule has 0 saturated carbocycles. The lowest BCUT2D eigenvalue weighted by Gasteiger charge is -2.05. The van der Waals surface area contributed by atoms with E-state index in [4.69, 9.17) is 9.15 Å². The number of hydrogen-bond donors (Lipinski definition) is 1. The minimum atomic E-state index is -3.72. The van der Waals surface area contributed by atoms with Gasteiger partial charge in [-0.2, -0.15) is 4.72 Å². The van der Waals surface area contributed by atoms with E-state index in [0.717, 1.165) is 11.3 Å². The molecule has 0 bridgehead atoms. The molecule has 0 aliphatic heterocycles. The van der Waals surface area contributed by atoms with E-state index in [1.807, 2.05) is 0 Å². The Kier molecular flexibility index (Phi) is 5.53. The van der Waals surface area contributed by atoms with Crippen LogP contribution in [0.25, 0.3) is 0 Å². The number of esters is 2. The summed E-state index contributed by atoms with van der Waals surface area (Å²) in [6, 6.07) is 5.85. The monoisotopic (exact) mass is 359 g/mol. The van der Waals surface area contributed by atoms with E-state index in [9.17, 15) is 18.0 Å². The molecule has 0 atom stereocenters. The van der Waals surface area contributed by atoms with Gasteiger partial charge in [-0.25, -0.2) is 13.2 Å². The second-order valence-corrected chi connectivity index (χ2v) is 7.12. The fraction of sp³-hybridized carbons (Fsp3) is 0.231. The van der Waals surface area contributed by atoms with Crippen LogP contribution in [0.4, 0.5) is 0 Å². The van der Waals surface area contributed by atoms with Crippen LogP contribution in [-0.2, 0) is 30.9 Å². The molecule has 2 aromatic rings. The van der Waals surface area contributed by atoms with Crippen molar-refractivity contribution in [1.82, 2.24) is 4.72 Å². The third kappa shape index (κ3) is 4.65. The van der Waals surface area contributed by atoms with Gasteiger partial charge in [-0.05, 0) is 23.6 Å². The molecule has 0 saturated heterocycles. The largest absolute Gasteiger partial charge is 0.463 e. The molecule has 0 spiro atoms. The van der Waals surface area contributed by atoms with Crippen molar-refractivity contribution in [3.05, 3.63) is 41.2 Å². The van der Waals surface area contributed by atoms with Crippen LogP contribution in [0.2, 0.25) is 0 Å². The lowest BCUT2D eigenvalue weighted by molar-refractivity contribution is -0.144. The van der Waals surface area contributed by atoms with Crippen LogP contribution in [0.3, 0.4) is 0 Å². The first kappa shape index (κ1) is 17.2. The molecule has 10 heteroatoms. The van der Waals surface area contributed by atoms with Gasteiger partial charge in [-0.15, -0.1) is 11.3 Å². The second kappa shape index (κ2) is 7.40. The van der Waals surface area contributed by atoms with Crippen molar-refractivity contribution in [2.24, 2.45) is 0 Å². The highest BCUT2D eigenvalue weighted by atomic mass is 32.2. The first-order valence-corrected chi connectivity index (χ1v) is 8.64. The van der Waals surface area contributed by atoms with Crippen LogP contribution in [0.15, 0.2) is 38.3 Å². The van der Waals surface area contributed by atoms with Gasteiger partial charge in [0.25, 0.3) is 10.0 Å². The highest BCUT2D eigenvalue weighted by Gasteiger charge is 2.17. The van der Waals surface area contributed by atoms with Gasteiger partial charge in [0.1, 0.15) is 23.1 Å². The van der Waals surface area contributed by atoms with E-state index in [0.29, 0.717) is 0 Å². The minimum Gasteiger partial charge on any atom is -0.463 e. The van der Waals surface area contributed by atoms with Gasteiger partial charge in [0, 0.05) is 0 Å². The maximum atomic E-state index is 11.8. The highest BCUT2D eigenvalue weighted by Crippen LogP contribution is 2.15. The Morgan fingerprint density at radius 2 is 2.09 bits per heavy atom. The van der Waals surface area contributed by atoms with Crippen molar-refractivity contribution in [2.75, 3.05) is 13.7 Å². The summed E-state index contributed by atoms with van der Waals surface area (Å²) in [6.07, 6.45) is 0. The average molecular weight is 359 g/mol. The number of ether oxygens (including phenoxy) is 2. The fourth-order valence-electron chi connectivity index (χ4n) is 1.51. The average Bonchev–Trinajstić information content (AvgIpc) is 3.21. The number of nitrogens with one attached hydrogen (secondary N) is 1. The molecule has 8 nitrogen and oxygen atoms in total. The van der Waals surface area contributed by atoms with Crippen LogP contribution in [0.1, 0.15) is 16.3 Å². The Balaban J connectivity index is 1.81. The summed E-state index contributed by atoms with van der Waals surface area (Å²) in [6.45, 7) is -0.735. The molecule has 2 rings (SSSR count). The van der Waals surface area contributed by atoms with Crippen molar-refractivity contribution in [2.45, 2.75) is 10.8 Å². The van der Waals surface area contributed by atoms with E-state index < -0.39 is 28.5 Å². The van der Waals surface area contributed by atoms with Gasteiger partial charge in [0.2, 0.25) is 5.76 Å². The minimum absolute atomic E-state index is 0.0167. The van der Waals surface area contributed by atoms with Crippen LogP contribution in [0, 0.1) is 0 Å². The van der Waals surface area contributed by atoms with Gasteiger partial charge in [-0.1, -0.05) is 6.07 Å². The van der Waals surface area contributed by atoms with Crippen molar-refractivity contribution < 1.29 is 31.9 Å². The standard InChI is InChI=1S/C13H13NO7S2/c1-19-13(16)10-5-4-9(21-10)8-20-11(15)7-14-23(17,18)12-3-2-6-22-12/h2-6,14H,7-8H2,1H3. The summed E-state index contributed by atoms with van der Waals surface area (Å²) in [7, 11) is -2.51. The molecule has 0 unspecified atom stereocenters. The lowest BCUT2D eigenvalue weighted by atomic mass is 10.4. The summed E-state index contributed by atoms with van der Waals surface area (Å²) in [5.74, 6) is -1.20. The van der Waals surface area contributed by atoms with Gasteiger partial charge in [0.05, 0.1) is 7.11 Å². The molecule has 2 heterocycles. The number of hydrogen-bond acceptors (Lipinski definition) is 8. The highest BCUT2D eigenvalue weighted by molar-refractivity contribution is 7.91. The van der Waals surface area contributed by atoms with E-state index in [-0.39, 0.29) is 22.3 Å². The predicted molar refractivity (Wildman–Crippen MR) is 79.4 cm³/mol. The van der Waals surface area contributed by atoms with E-state index in [1.165, 1.54) is 25.3 Å². The molecule has 0 fully saturated rings. The molecule has 23 heavy (non-hydrogen) atoms. The summed E-state index contributed by atoms with van der Waals surface area (Å²) in [5, 5.41) is 1.61. The Bertz CT molecular complexity index is 777. The van der Waals surface area contributed by atoms with Gasteiger partial charge in [0.15, 0.2) is 0 Å². The normalized spacial score (nSPS) is 11.2. The lowest BCUT2D eigenvalue weighted by Crippen LogP contribution is -2.30. The van der Waals surface area contributed by atoms with Crippen LogP contribution >= 0.6 is 11.3 Å². The van der Waals surface area contributed by atoms with Gasteiger partial charge < -0.3 is 13.9 Å². The van der Waals surface area contributed by atoms with Crippen molar-refractivity contribution in [1.29, 1.82) is 0 Å².